The van der Waals surface area contributed by atoms with Crippen LogP contribution in [-0.4, -0.2) is 6.54 Å². The highest BCUT2D eigenvalue weighted by Crippen LogP contribution is 2.21. The Morgan fingerprint density at radius 1 is 1.31 bits per heavy atom. The van der Waals surface area contributed by atoms with Gasteiger partial charge in [-0.15, -0.1) is 0 Å². The minimum Gasteiger partial charge on any atom is -0.385 e. The van der Waals surface area contributed by atoms with E-state index in [1.165, 1.54) is 18.6 Å². The van der Waals surface area contributed by atoms with Crippen molar-refractivity contribution >= 4 is 17.3 Å². The largest absolute Gasteiger partial charge is 0.385 e. The SMILES string of the molecule is Fc1cc(Cl)cc(NCC2CC=CCC2)c1. The molecule has 0 fully saturated rings. The molecule has 1 aromatic rings. The quantitative estimate of drug-likeness (QED) is 0.778. The van der Waals surface area contributed by atoms with E-state index in [4.69, 9.17) is 11.6 Å². The average molecular weight is 240 g/mol. The Morgan fingerprint density at radius 3 is 2.88 bits per heavy atom. The summed E-state index contributed by atoms with van der Waals surface area (Å²) in [5, 5.41) is 3.67. The minimum absolute atomic E-state index is 0.293. The number of hydrogen-bond donors (Lipinski definition) is 1. The van der Waals surface area contributed by atoms with Gasteiger partial charge in [-0.1, -0.05) is 23.8 Å². The van der Waals surface area contributed by atoms with Gasteiger partial charge in [-0.3, -0.25) is 0 Å². The normalized spacial score (nSPS) is 19.8. The summed E-state index contributed by atoms with van der Waals surface area (Å²) in [7, 11) is 0. The topological polar surface area (TPSA) is 12.0 Å². The van der Waals surface area contributed by atoms with Gasteiger partial charge < -0.3 is 5.32 Å². The van der Waals surface area contributed by atoms with Crippen LogP contribution in [0, 0.1) is 11.7 Å². The predicted molar refractivity (Wildman–Crippen MR) is 66.4 cm³/mol. The van der Waals surface area contributed by atoms with Gasteiger partial charge in [0, 0.05) is 17.3 Å². The molecule has 1 aromatic carbocycles. The lowest BCUT2D eigenvalue weighted by Crippen LogP contribution is -2.15. The Kier molecular flexibility index (Phi) is 3.83. The van der Waals surface area contributed by atoms with Crippen LogP contribution in [0.15, 0.2) is 30.4 Å². The first kappa shape index (κ1) is 11.5. The van der Waals surface area contributed by atoms with E-state index in [2.05, 4.69) is 17.5 Å². The van der Waals surface area contributed by atoms with E-state index >= 15 is 0 Å². The van der Waals surface area contributed by atoms with Crippen molar-refractivity contribution < 1.29 is 4.39 Å². The van der Waals surface area contributed by atoms with Crippen molar-refractivity contribution in [3.63, 3.8) is 0 Å². The lowest BCUT2D eigenvalue weighted by molar-refractivity contribution is 0.504. The highest BCUT2D eigenvalue weighted by Gasteiger charge is 2.09. The Hall–Kier alpha value is -1.02. The molecule has 16 heavy (non-hydrogen) atoms. The first-order valence-electron chi connectivity index (χ1n) is 5.59. The highest BCUT2D eigenvalue weighted by molar-refractivity contribution is 6.30. The van der Waals surface area contributed by atoms with Gasteiger partial charge in [0.1, 0.15) is 5.82 Å². The van der Waals surface area contributed by atoms with Gasteiger partial charge in [0.25, 0.3) is 0 Å². The van der Waals surface area contributed by atoms with E-state index in [-0.39, 0.29) is 5.82 Å². The maximum atomic E-state index is 13.1. The van der Waals surface area contributed by atoms with Crippen molar-refractivity contribution in [2.45, 2.75) is 19.3 Å². The monoisotopic (exact) mass is 239 g/mol. The molecule has 0 heterocycles. The number of halogens is 2. The molecular formula is C13H15ClFN. The molecule has 0 saturated carbocycles. The van der Waals surface area contributed by atoms with E-state index in [9.17, 15) is 4.39 Å². The second-order valence-electron chi connectivity index (χ2n) is 4.19. The Morgan fingerprint density at radius 2 is 2.19 bits per heavy atom. The van der Waals surface area contributed by atoms with Crippen molar-refractivity contribution in [3.8, 4) is 0 Å². The fourth-order valence-corrected chi connectivity index (χ4v) is 2.18. The van der Waals surface area contributed by atoms with Gasteiger partial charge in [0.05, 0.1) is 0 Å². The lowest BCUT2D eigenvalue weighted by Gasteiger charge is -2.18. The zero-order valence-electron chi connectivity index (χ0n) is 9.05. The van der Waals surface area contributed by atoms with Crippen molar-refractivity contribution in [1.82, 2.24) is 0 Å². The lowest BCUT2D eigenvalue weighted by atomic mass is 9.94. The maximum Gasteiger partial charge on any atom is 0.126 e. The Labute approximate surface area is 100 Å². The van der Waals surface area contributed by atoms with E-state index in [0.29, 0.717) is 10.9 Å². The van der Waals surface area contributed by atoms with Crippen LogP contribution in [-0.2, 0) is 0 Å². The molecule has 1 atom stereocenters. The van der Waals surface area contributed by atoms with Gasteiger partial charge in [-0.2, -0.15) is 0 Å². The summed E-state index contributed by atoms with van der Waals surface area (Å²) >= 11 is 5.78. The molecule has 3 heteroatoms. The number of rotatable bonds is 3. The van der Waals surface area contributed by atoms with Crippen LogP contribution in [0.4, 0.5) is 10.1 Å². The van der Waals surface area contributed by atoms with Gasteiger partial charge >= 0.3 is 0 Å². The minimum atomic E-state index is -0.293. The predicted octanol–water partition coefficient (Wildman–Crippen LogP) is 4.25. The van der Waals surface area contributed by atoms with Crippen molar-refractivity contribution in [3.05, 3.63) is 41.2 Å². The molecule has 0 aromatic heterocycles. The number of benzene rings is 1. The van der Waals surface area contributed by atoms with Crippen molar-refractivity contribution in [2.75, 3.05) is 11.9 Å². The third-order valence-corrected chi connectivity index (χ3v) is 3.05. The molecule has 0 spiro atoms. The molecule has 1 N–H and O–H groups in total. The molecule has 2 rings (SSSR count). The molecule has 86 valence electrons. The molecule has 1 nitrogen and oxygen atoms in total. The second kappa shape index (κ2) is 5.35. The number of nitrogens with one attached hydrogen (secondary N) is 1. The fraction of sp³-hybridized carbons (Fsp3) is 0.385. The first-order chi connectivity index (χ1) is 7.74. The fourth-order valence-electron chi connectivity index (χ4n) is 1.96. The highest BCUT2D eigenvalue weighted by atomic mass is 35.5. The van der Waals surface area contributed by atoms with Crippen LogP contribution in [0.2, 0.25) is 5.02 Å². The summed E-state index contributed by atoms with van der Waals surface area (Å²) in [6, 6.07) is 4.55. The molecule has 1 aliphatic rings. The van der Waals surface area contributed by atoms with Crippen LogP contribution in [0.3, 0.4) is 0 Å². The number of allylic oxidation sites excluding steroid dienone is 2. The van der Waals surface area contributed by atoms with Crippen LogP contribution in [0.1, 0.15) is 19.3 Å². The molecule has 0 amide bonds. The average Bonchev–Trinajstić information content (AvgIpc) is 2.27. The second-order valence-corrected chi connectivity index (χ2v) is 4.63. The van der Waals surface area contributed by atoms with Crippen LogP contribution in [0.5, 0.6) is 0 Å². The van der Waals surface area contributed by atoms with Crippen LogP contribution in [0.25, 0.3) is 0 Å². The van der Waals surface area contributed by atoms with Crippen LogP contribution >= 0.6 is 11.6 Å². The third kappa shape index (κ3) is 3.24. The summed E-state index contributed by atoms with van der Waals surface area (Å²) in [4.78, 5) is 0. The van der Waals surface area contributed by atoms with E-state index in [0.717, 1.165) is 25.1 Å². The molecule has 1 aliphatic carbocycles. The third-order valence-electron chi connectivity index (χ3n) is 2.84. The summed E-state index contributed by atoms with van der Waals surface area (Å²) < 4.78 is 13.1. The zero-order chi connectivity index (χ0) is 11.4. The van der Waals surface area contributed by atoms with Crippen molar-refractivity contribution in [1.29, 1.82) is 0 Å². The summed E-state index contributed by atoms with van der Waals surface area (Å²) in [5.74, 6) is 0.352. The molecule has 0 aliphatic heterocycles. The van der Waals surface area contributed by atoms with Gasteiger partial charge in [-0.25, -0.2) is 4.39 Å². The molecular weight excluding hydrogens is 225 g/mol. The summed E-state index contributed by atoms with van der Waals surface area (Å²) in [6.45, 7) is 0.879. The molecule has 0 bridgehead atoms. The van der Waals surface area contributed by atoms with E-state index in [1.807, 2.05) is 0 Å². The Balaban J connectivity index is 1.91. The summed E-state index contributed by atoms with van der Waals surface area (Å²) in [6.07, 6.45) is 7.89. The Bertz CT molecular complexity index is 369. The van der Waals surface area contributed by atoms with Gasteiger partial charge in [0.15, 0.2) is 0 Å². The van der Waals surface area contributed by atoms with Crippen molar-refractivity contribution in [2.24, 2.45) is 5.92 Å². The van der Waals surface area contributed by atoms with E-state index in [1.54, 1.807) is 6.07 Å². The smallest absolute Gasteiger partial charge is 0.126 e. The maximum absolute atomic E-state index is 13.1. The first-order valence-corrected chi connectivity index (χ1v) is 5.97. The number of hydrogen-bond acceptors (Lipinski definition) is 1. The standard InChI is InChI=1S/C13H15ClFN/c14-11-6-12(15)8-13(7-11)16-9-10-4-2-1-3-5-10/h1-2,6-8,10,16H,3-5,9H2. The van der Waals surface area contributed by atoms with Gasteiger partial charge in [0.2, 0.25) is 0 Å². The number of anilines is 1. The summed E-state index contributed by atoms with van der Waals surface area (Å²) in [5.41, 5.74) is 0.763. The zero-order valence-corrected chi connectivity index (χ0v) is 9.80. The van der Waals surface area contributed by atoms with E-state index < -0.39 is 0 Å². The molecule has 0 radical (unpaired) electrons. The van der Waals surface area contributed by atoms with Crippen LogP contribution < -0.4 is 5.32 Å². The molecule has 0 saturated heterocycles. The molecule has 1 unspecified atom stereocenters. The van der Waals surface area contributed by atoms with Gasteiger partial charge in [-0.05, 0) is 43.4 Å².